The Morgan fingerprint density at radius 3 is 2.54 bits per heavy atom. The first-order chi connectivity index (χ1) is 18.6. The van der Waals surface area contributed by atoms with Crippen LogP contribution in [-0.4, -0.2) is 58.9 Å². The van der Waals surface area contributed by atoms with Gasteiger partial charge in [-0.05, 0) is 57.2 Å². The normalized spacial score (nSPS) is 18.8. The molecule has 4 N–H and O–H groups in total. The maximum Gasteiger partial charge on any atom is 0.314 e. The van der Waals surface area contributed by atoms with Crippen molar-refractivity contribution in [3.05, 3.63) is 71.9 Å². The molecule has 1 aliphatic rings. The maximum absolute atomic E-state index is 14.2. The summed E-state index contributed by atoms with van der Waals surface area (Å²) >= 11 is 0. The van der Waals surface area contributed by atoms with Crippen LogP contribution in [0, 0.1) is 5.41 Å². The van der Waals surface area contributed by atoms with Crippen LogP contribution in [0.5, 0.6) is 0 Å². The molecule has 2 amide bonds. The third-order valence-electron chi connectivity index (χ3n) is 7.52. The highest BCUT2D eigenvalue weighted by Crippen LogP contribution is 2.35. The second-order valence-corrected chi connectivity index (χ2v) is 11.2. The van der Waals surface area contributed by atoms with Crippen LogP contribution in [-0.2, 0) is 32.0 Å². The van der Waals surface area contributed by atoms with E-state index in [2.05, 4.69) is 10.3 Å². The molecule has 0 unspecified atom stereocenters. The van der Waals surface area contributed by atoms with Crippen molar-refractivity contribution in [3.63, 3.8) is 0 Å². The number of rotatable bonds is 9. The van der Waals surface area contributed by atoms with Crippen molar-refractivity contribution in [1.82, 2.24) is 15.2 Å². The molecule has 2 aromatic carbocycles. The van der Waals surface area contributed by atoms with Gasteiger partial charge in [-0.2, -0.15) is 0 Å². The lowest BCUT2D eigenvalue weighted by Gasteiger charge is -2.36. The molecule has 8 heteroatoms. The van der Waals surface area contributed by atoms with Crippen LogP contribution < -0.4 is 11.1 Å². The molecule has 39 heavy (non-hydrogen) atoms. The third kappa shape index (κ3) is 6.68. The molecule has 0 aliphatic carbocycles. The molecule has 208 valence electrons. The van der Waals surface area contributed by atoms with E-state index in [1.165, 1.54) is 0 Å². The zero-order chi connectivity index (χ0) is 28.0. The molecule has 1 fully saturated rings. The molecule has 0 saturated carbocycles. The van der Waals surface area contributed by atoms with E-state index in [0.29, 0.717) is 25.8 Å². The number of nitrogens with zero attached hydrogens (tertiary/aromatic N) is 1. The Hall–Kier alpha value is -3.65. The molecule has 2 atom stereocenters. The first-order valence-electron chi connectivity index (χ1n) is 13.8. The number of carbonyl (C=O) groups excluding carboxylic acids is 3. The molecule has 1 aromatic heterocycles. The Morgan fingerprint density at radius 1 is 1.10 bits per heavy atom. The van der Waals surface area contributed by atoms with Crippen molar-refractivity contribution in [2.24, 2.45) is 11.1 Å². The van der Waals surface area contributed by atoms with E-state index in [0.717, 1.165) is 34.9 Å². The summed E-state index contributed by atoms with van der Waals surface area (Å²) in [4.78, 5) is 45.7. The molecule has 3 aromatic rings. The lowest BCUT2D eigenvalue weighted by Crippen LogP contribution is -2.58. The van der Waals surface area contributed by atoms with Crippen molar-refractivity contribution in [3.8, 4) is 0 Å². The summed E-state index contributed by atoms with van der Waals surface area (Å²) in [5, 5.41) is 3.92. The van der Waals surface area contributed by atoms with Crippen LogP contribution in [0.3, 0.4) is 0 Å². The van der Waals surface area contributed by atoms with E-state index in [1.54, 1.807) is 25.7 Å². The number of aromatic amines is 1. The highest BCUT2D eigenvalue weighted by atomic mass is 16.5. The van der Waals surface area contributed by atoms with Crippen LogP contribution in [0.1, 0.15) is 51.2 Å². The summed E-state index contributed by atoms with van der Waals surface area (Å²) in [6.07, 6.45) is 4.84. The van der Waals surface area contributed by atoms with E-state index in [-0.39, 0.29) is 25.0 Å². The maximum atomic E-state index is 14.2. The minimum atomic E-state index is -1.15. The number of carbonyl (C=O) groups is 3. The number of nitrogens with one attached hydrogen (secondary N) is 2. The van der Waals surface area contributed by atoms with Gasteiger partial charge in [-0.3, -0.25) is 14.4 Å². The fourth-order valence-corrected chi connectivity index (χ4v) is 5.42. The summed E-state index contributed by atoms with van der Waals surface area (Å²) in [7, 11) is 0. The fraction of sp³-hybridized carbons (Fsp3) is 0.452. The molecule has 1 aliphatic heterocycles. The average molecular weight is 533 g/mol. The van der Waals surface area contributed by atoms with Crippen LogP contribution in [0.25, 0.3) is 10.9 Å². The number of hydrogen-bond acceptors (Lipinski definition) is 5. The minimum Gasteiger partial charge on any atom is -0.466 e. The lowest BCUT2D eigenvalue weighted by atomic mass is 9.77. The molecule has 0 spiro atoms. The molecule has 1 saturated heterocycles. The van der Waals surface area contributed by atoms with Crippen LogP contribution in [0.15, 0.2) is 60.8 Å². The van der Waals surface area contributed by atoms with Crippen molar-refractivity contribution < 1.29 is 19.1 Å². The Morgan fingerprint density at radius 2 is 1.82 bits per heavy atom. The first kappa shape index (κ1) is 28.4. The number of nitrogens with two attached hydrogens (primary N) is 1. The summed E-state index contributed by atoms with van der Waals surface area (Å²) in [6, 6.07) is 16.9. The van der Waals surface area contributed by atoms with Crippen molar-refractivity contribution >= 4 is 28.7 Å². The number of para-hydroxylation sites is 1. The number of aromatic nitrogens is 1. The van der Waals surface area contributed by atoms with Crippen molar-refractivity contribution in [2.75, 3.05) is 19.7 Å². The second kappa shape index (κ2) is 12.0. The number of H-pyrrole nitrogens is 1. The summed E-state index contributed by atoms with van der Waals surface area (Å²) < 4.78 is 5.58. The molecule has 2 heterocycles. The smallest absolute Gasteiger partial charge is 0.314 e. The van der Waals surface area contributed by atoms with Gasteiger partial charge in [0.05, 0.1) is 17.6 Å². The fourth-order valence-electron chi connectivity index (χ4n) is 5.42. The predicted molar refractivity (Wildman–Crippen MR) is 152 cm³/mol. The third-order valence-corrected chi connectivity index (χ3v) is 7.52. The summed E-state index contributed by atoms with van der Waals surface area (Å²) in [5.41, 5.74) is 6.98. The molecule has 0 radical (unpaired) electrons. The van der Waals surface area contributed by atoms with Crippen LogP contribution >= 0.6 is 0 Å². The van der Waals surface area contributed by atoms with Gasteiger partial charge in [0.1, 0.15) is 6.04 Å². The van der Waals surface area contributed by atoms with E-state index < -0.39 is 22.9 Å². The Bertz CT molecular complexity index is 1300. The quantitative estimate of drug-likeness (QED) is 0.363. The number of amides is 2. The number of likely N-dealkylation sites (tertiary alicyclic amines) is 1. The van der Waals surface area contributed by atoms with Gasteiger partial charge < -0.3 is 25.7 Å². The van der Waals surface area contributed by atoms with E-state index >= 15 is 0 Å². The number of benzene rings is 2. The van der Waals surface area contributed by atoms with Gasteiger partial charge >= 0.3 is 5.97 Å². The Balaban J connectivity index is 1.66. The molecular weight excluding hydrogens is 492 g/mol. The van der Waals surface area contributed by atoms with Gasteiger partial charge in [0, 0.05) is 36.6 Å². The molecule has 8 nitrogen and oxygen atoms in total. The Kier molecular flexibility index (Phi) is 8.75. The van der Waals surface area contributed by atoms with Gasteiger partial charge in [0.25, 0.3) is 0 Å². The van der Waals surface area contributed by atoms with Crippen molar-refractivity contribution in [1.29, 1.82) is 0 Å². The van der Waals surface area contributed by atoms with Crippen LogP contribution in [0.2, 0.25) is 0 Å². The number of fused-ring (bicyclic) bond motifs is 1. The highest BCUT2D eigenvalue weighted by Gasteiger charge is 2.44. The molecular formula is C31H40N4O4. The van der Waals surface area contributed by atoms with Crippen LogP contribution in [0.4, 0.5) is 0 Å². The average Bonchev–Trinajstić information content (AvgIpc) is 3.19. The monoisotopic (exact) mass is 532 g/mol. The highest BCUT2D eigenvalue weighted by molar-refractivity contribution is 5.93. The van der Waals surface area contributed by atoms with Gasteiger partial charge in [0.15, 0.2) is 0 Å². The van der Waals surface area contributed by atoms with Gasteiger partial charge in [-0.25, -0.2) is 0 Å². The largest absolute Gasteiger partial charge is 0.466 e. The SMILES string of the molecule is CCOC(=O)[C@]1(Cc2ccccc2)CCCCN(C(=O)[C@@H](Cc2c[nH]c3ccccc23)NC(=O)C(C)(C)N)C1. The molecule has 4 rings (SSSR count). The zero-order valence-corrected chi connectivity index (χ0v) is 23.2. The summed E-state index contributed by atoms with van der Waals surface area (Å²) in [6.45, 7) is 6.04. The van der Waals surface area contributed by atoms with Gasteiger partial charge in [0.2, 0.25) is 11.8 Å². The summed E-state index contributed by atoms with van der Waals surface area (Å²) in [5.74, 6) is -0.910. The van der Waals surface area contributed by atoms with Crippen molar-refractivity contribution in [2.45, 2.75) is 64.5 Å². The number of ether oxygens (including phenoxy) is 1. The first-order valence-corrected chi connectivity index (χ1v) is 13.8. The van der Waals surface area contributed by atoms with Gasteiger partial charge in [-0.15, -0.1) is 0 Å². The predicted octanol–water partition coefficient (Wildman–Crippen LogP) is 3.74. The van der Waals surface area contributed by atoms with E-state index in [9.17, 15) is 14.4 Å². The number of hydrogen-bond donors (Lipinski definition) is 3. The zero-order valence-electron chi connectivity index (χ0n) is 23.2. The van der Waals surface area contributed by atoms with E-state index in [4.69, 9.17) is 10.5 Å². The lowest BCUT2D eigenvalue weighted by molar-refractivity contribution is -0.158. The van der Waals surface area contributed by atoms with Gasteiger partial charge in [-0.1, -0.05) is 55.0 Å². The molecule has 0 bridgehead atoms. The Labute approximate surface area is 230 Å². The second-order valence-electron chi connectivity index (χ2n) is 11.2. The number of esters is 1. The topological polar surface area (TPSA) is 118 Å². The standard InChI is InChI=1S/C31H40N4O4/c1-4-39-29(38)31(19-22-12-6-5-7-13-22)16-10-11-17-35(21-31)27(36)26(34-28(37)30(2,3)32)18-23-20-33-25-15-9-8-14-24(23)25/h5-9,12-15,20,26,33H,4,10-11,16-19,21,32H2,1-3H3,(H,34,37)/t26-,31+/m1/s1. The van der Waals surface area contributed by atoms with E-state index in [1.807, 2.05) is 60.8 Å². The minimum absolute atomic E-state index is 0.221.